The van der Waals surface area contributed by atoms with Gasteiger partial charge in [-0.1, -0.05) is 12.1 Å². The molecular formula is C26H42Cl2N2Sn. The van der Waals surface area contributed by atoms with Crippen molar-refractivity contribution >= 4 is 34.0 Å². The van der Waals surface area contributed by atoms with E-state index in [1.807, 2.05) is 36.4 Å². The molecule has 2 aromatic rings. The number of hydrogen-bond donors (Lipinski definition) is 0. The molecule has 0 fully saturated rings. The van der Waals surface area contributed by atoms with E-state index in [1.165, 1.54) is 85.9 Å². The molecule has 0 N–H and O–H groups in total. The molecule has 0 saturated carbocycles. The van der Waals surface area contributed by atoms with Crippen molar-refractivity contribution in [3.63, 3.8) is 0 Å². The molecule has 0 radical (unpaired) electrons. The van der Waals surface area contributed by atoms with Gasteiger partial charge in [-0.15, -0.1) is 0 Å². The van der Waals surface area contributed by atoms with Gasteiger partial charge < -0.3 is 0 Å². The first-order valence-corrected chi connectivity index (χ1v) is 23.6. The molecule has 5 heteroatoms. The molecule has 2 rings (SSSR count). The zero-order valence-corrected chi connectivity index (χ0v) is 24.0. The van der Waals surface area contributed by atoms with E-state index in [-0.39, 0.29) is 0 Å². The molecule has 0 unspecified atom stereocenters. The first kappa shape index (κ1) is 28.7. The second-order valence-corrected chi connectivity index (χ2v) is 27.1. The Morgan fingerprint density at radius 1 is 0.581 bits per heavy atom. The van der Waals surface area contributed by atoms with Gasteiger partial charge in [-0.2, -0.15) is 0 Å². The molecule has 174 valence electrons. The molecule has 0 bridgehead atoms. The van der Waals surface area contributed by atoms with Crippen LogP contribution in [0.25, 0.3) is 11.4 Å². The van der Waals surface area contributed by atoms with Crippen LogP contribution in [0, 0.1) is 0 Å². The average molecular weight is 572 g/mol. The van der Waals surface area contributed by atoms with E-state index in [9.17, 15) is 0 Å². The van der Waals surface area contributed by atoms with Crippen molar-refractivity contribution in [1.82, 2.24) is 9.97 Å². The quantitative estimate of drug-likeness (QED) is 0.157. The van der Waals surface area contributed by atoms with E-state index in [2.05, 4.69) is 23.8 Å². The number of hydrogen-bond acceptors (Lipinski definition) is 2. The van der Waals surface area contributed by atoms with Crippen molar-refractivity contribution in [3.8, 4) is 11.4 Å². The van der Waals surface area contributed by atoms with Crippen molar-refractivity contribution < 1.29 is 0 Å². The summed E-state index contributed by atoms with van der Waals surface area (Å²) in [5.74, 6) is 0. The topological polar surface area (TPSA) is 25.8 Å². The first-order valence-electron chi connectivity index (χ1n) is 12.3. The SMILES string of the molecule is CCCCCCC[CH2][Sn]([Cl])([Cl])[CH2]CCCCCCC.c1ccc(-c2ccccn2)nc1. The summed E-state index contributed by atoms with van der Waals surface area (Å²) in [6.07, 6.45) is 19.7. The van der Waals surface area contributed by atoms with Crippen LogP contribution in [-0.4, -0.2) is 26.1 Å². The molecule has 2 heterocycles. The number of nitrogens with zero attached hydrogens (tertiary/aromatic N) is 2. The molecule has 0 saturated heterocycles. The summed E-state index contributed by atoms with van der Waals surface area (Å²) in [5.41, 5.74) is 1.83. The van der Waals surface area contributed by atoms with E-state index < -0.39 is 16.1 Å². The second-order valence-electron chi connectivity index (χ2n) is 8.32. The molecule has 0 spiro atoms. The third kappa shape index (κ3) is 16.0. The Balaban J connectivity index is 0.000000339. The van der Waals surface area contributed by atoms with Crippen molar-refractivity contribution in [2.45, 2.75) is 99.8 Å². The molecule has 0 aromatic carbocycles. The van der Waals surface area contributed by atoms with Crippen LogP contribution in [0.4, 0.5) is 0 Å². The molecule has 0 amide bonds. The summed E-state index contributed by atoms with van der Waals surface area (Å²) >= 11 is -2.63. The maximum absolute atomic E-state index is 6.59. The van der Waals surface area contributed by atoms with Gasteiger partial charge in [0.25, 0.3) is 0 Å². The normalized spacial score (nSPS) is 11.1. The Kier molecular flexibility index (Phi) is 17.8. The maximum Gasteiger partial charge on any atom is 0.0886 e. The van der Waals surface area contributed by atoms with Gasteiger partial charge in [0.05, 0.1) is 11.4 Å². The van der Waals surface area contributed by atoms with Gasteiger partial charge in [-0.3, -0.25) is 9.97 Å². The van der Waals surface area contributed by atoms with Crippen molar-refractivity contribution in [1.29, 1.82) is 0 Å². The number of unbranched alkanes of at least 4 members (excludes halogenated alkanes) is 10. The smallest absolute Gasteiger partial charge is 0.0886 e. The van der Waals surface area contributed by atoms with E-state index >= 15 is 0 Å². The monoisotopic (exact) mass is 572 g/mol. The van der Waals surface area contributed by atoms with Gasteiger partial charge in [-0.25, -0.2) is 0 Å². The third-order valence-electron chi connectivity index (χ3n) is 5.38. The second kappa shape index (κ2) is 19.2. The zero-order chi connectivity index (χ0) is 22.6. The van der Waals surface area contributed by atoms with Crippen molar-refractivity contribution in [3.05, 3.63) is 48.8 Å². The van der Waals surface area contributed by atoms with E-state index in [1.54, 1.807) is 12.4 Å². The maximum atomic E-state index is 6.59. The largest absolute Gasteiger partial charge is 0.255 e. The minimum absolute atomic E-state index is 0.915. The summed E-state index contributed by atoms with van der Waals surface area (Å²) in [6.45, 7) is 4.53. The predicted octanol–water partition coefficient (Wildman–Crippen LogP) is 9.77. The summed E-state index contributed by atoms with van der Waals surface area (Å²) in [7, 11) is 13.2. The Morgan fingerprint density at radius 3 is 1.32 bits per heavy atom. The van der Waals surface area contributed by atoms with Crippen LogP contribution in [0.2, 0.25) is 8.87 Å². The van der Waals surface area contributed by atoms with Gasteiger partial charge in [-0.05, 0) is 24.3 Å². The van der Waals surface area contributed by atoms with Crippen LogP contribution in [0.1, 0.15) is 90.9 Å². The van der Waals surface area contributed by atoms with Gasteiger partial charge in [0, 0.05) is 12.4 Å². The van der Waals surface area contributed by atoms with E-state index in [4.69, 9.17) is 17.8 Å². The van der Waals surface area contributed by atoms with Gasteiger partial charge in [0.2, 0.25) is 0 Å². The van der Waals surface area contributed by atoms with Crippen LogP contribution in [0.15, 0.2) is 48.8 Å². The molecular weight excluding hydrogens is 530 g/mol. The molecule has 0 aliphatic carbocycles. The molecule has 2 aromatic heterocycles. The summed E-state index contributed by atoms with van der Waals surface area (Å²) in [6, 6.07) is 11.6. The molecule has 0 aliphatic rings. The zero-order valence-electron chi connectivity index (χ0n) is 19.7. The Labute approximate surface area is 202 Å². The van der Waals surface area contributed by atoms with Crippen LogP contribution in [0.5, 0.6) is 0 Å². The summed E-state index contributed by atoms with van der Waals surface area (Å²) in [4.78, 5) is 8.37. The average Bonchev–Trinajstić information content (AvgIpc) is 2.80. The minimum atomic E-state index is -2.63. The van der Waals surface area contributed by atoms with Gasteiger partial charge in [0.15, 0.2) is 0 Å². The van der Waals surface area contributed by atoms with Gasteiger partial charge in [0.1, 0.15) is 0 Å². The minimum Gasteiger partial charge on any atom is -0.255 e. The van der Waals surface area contributed by atoms with Gasteiger partial charge >= 0.3 is 134 Å². The molecule has 0 aliphatic heterocycles. The Bertz CT molecular complexity index is 583. The van der Waals surface area contributed by atoms with E-state index in [0.29, 0.717) is 0 Å². The van der Waals surface area contributed by atoms with Crippen molar-refractivity contribution in [2.24, 2.45) is 0 Å². The summed E-state index contributed by atoms with van der Waals surface area (Å²) < 4.78 is 2.36. The standard InChI is InChI=1S/C10H8N2.2C8H17.2ClH.Sn/c1-3-7-11-9(5-1)10-6-2-4-8-12-10;2*1-3-5-7-8-6-4-2;;;/h1-8H;2*1,3-8H2,2H3;2*1H;/q;;;;;+2/p-2. The van der Waals surface area contributed by atoms with Crippen LogP contribution in [0.3, 0.4) is 0 Å². The molecule has 31 heavy (non-hydrogen) atoms. The molecule has 2 nitrogen and oxygen atoms in total. The first-order chi connectivity index (χ1) is 15.1. The van der Waals surface area contributed by atoms with Crippen LogP contribution in [-0.2, 0) is 0 Å². The fourth-order valence-corrected chi connectivity index (χ4v) is 12.2. The van der Waals surface area contributed by atoms with E-state index in [0.717, 1.165) is 11.4 Å². The number of halogens is 2. The number of aromatic nitrogens is 2. The predicted molar refractivity (Wildman–Crippen MR) is 141 cm³/mol. The molecule has 0 atom stereocenters. The fourth-order valence-electron chi connectivity index (χ4n) is 3.48. The van der Waals surface area contributed by atoms with Crippen LogP contribution < -0.4 is 0 Å². The Morgan fingerprint density at radius 2 is 0.968 bits per heavy atom. The number of rotatable bonds is 15. The Hall–Kier alpha value is -0.321. The summed E-state index contributed by atoms with van der Waals surface area (Å²) in [5, 5.41) is 0. The van der Waals surface area contributed by atoms with Crippen molar-refractivity contribution in [2.75, 3.05) is 0 Å². The fraction of sp³-hybridized carbons (Fsp3) is 0.615. The van der Waals surface area contributed by atoms with Crippen LogP contribution >= 0.6 is 17.8 Å². The number of pyridine rings is 2. The third-order valence-corrected chi connectivity index (χ3v) is 16.6.